The molecule has 0 unspecified atom stereocenters. The highest BCUT2D eigenvalue weighted by molar-refractivity contribution is 5.98. The second kappa shape index (κ2) is 9.85. The molecule has 0 bridgehead atoms. The molecule has 3 aromatic rings. The van der Waals surface area contributed by atoms with E-state index in [2.05, 4.69) is 4.98 Å². The summed E-state index contributed by atoms with van der Waals surface area (Å²) < 4.78 is 24.9. The number of likely N-dealkylation sites (tertiary alicyclic amines) is 1. The molecule has 34 heavy (non-hydrogen) atoms. The number of aromatic nitrogens is 1. The zero-order valence-corrected chi connectivity index (χ0v) is 18.9. The van der Waals surface area contributed by atoms with Crippen molar-refractivity contribution in [3.8, 4) is 5.75 Å². The number of nitrogens with one attached hydrogen (secondary N) is 1. The Balaban J connectivity index is 1.33. The van der Waals surface area contributed by atoms with Crippen LogP contribution in [0.1, 0.15) is 23.3 Å². The lowest BCUT2D eigenvalue weighted by molar-refractivity contribution is -0.137. The molecule has 1 aromatic heterocycles. The lowest BCUT2D eigenvalue weighted by atomic mass is 9.90. The van der Waals surface area contributed by atoms with Crippen molar-refractivity contribution in [2.24, 2.45) is 5.92 Å². The van der Waals surface area contributed by atoms with Crippen LogP contribution in [0.15, 0.2) is 54.6 Å². The number of morpholine rings is 1. The van der Waals surface area contributed by atoms with Gasteiger partial charge >= 0.3 is 0 Å². The van der Waals surface area contributed by atoms with E-state index in [1.165, 1.54) is 12.1 Å². The summed E-state index contributed by atoms with van der Waals surface area (Å²) in [5, 5.41) is 0.986. The molecular formula is C26H28FN3O4. The van der Waals surface area contributed by atoms with Crippen LogP contribution in [-0.2, 0) is 9.53 Å². The van der Waals surface area contributed by atoms with Crippen molar-refractivity contribution in [2.45, 2.75) is 18.9 Å². The van der Waals surface area contributed by atoms with Crippen molar-refractivity contribution in [3.05, 3.63) is 66.1 Å². The fourth-order valence-electron chi connectivity index (χ4n) is 4.76. The molecule has 5 rings (SSSR count). The summed E-state index contributed by atoms with van der Waals surface area (Å²) in [5.74, 6) is 0.0133. The van der Waals surface area contributed by atoms with Crippen molar-refractivity contribution in [1.29, 1.82) is 0 Å². The van der Waals surface area contributed by atoms with Gasteiger partial charge in [0, 0.05) is 55.8 Å². The summed E-state index contributed by atoms with van der Waals surface area (Å²) in [5.41, 5.74) is 1.46. The molecule has 2 atom stereocenters. The molecule has 2 amide bonds. The number of carbonyl (C=O) groups excluding carboxylic acids is 2. The minimum Gasteiger partial charge on any atom is -0.490 e. The largest absolute Gasteiger partial charge is 0.490 e. The van der Waals surface area contributed by atoms with Crippen LogP contribution in [0, 0.1) is 11.7 Å². The molecule has 2 fully saturated rings. The first-order valence-electron chi connectivity index (χ1n) is 11.7. The van der Waals surface area contributed by atoms with Crippen molar-refractivity contribution in [2.75, 3.05) is 39.4 Å². The van der Waals surface area contributed by atoms with Gasteiger partial charge < -0.3 is 24.3 Å². The maximum Gasteiger partial charge on any atom is 0.270 e. The second-order valence-corrected chi connectivity index (χ2v) is 8.88. The highest BCUT2D eigenvalue weighted by Crippen LogP contribution is 2.28. The van der Waals surface area contributed by atoms with Crippen LogP contribution in [0.2, 0.25) is 0 Å². The number of rotatable bonds is 5. The van der Waals surface area contributed by atoms with Gasteiger partial charge in [0.2, 0.25) is 5.91 Å². The number of piperidine rings is 1. The molecular weight excluding hydrogens is 437 g/mol. The molecule has 2 aliphatic rings. The fourth-order valence-corrected chi connectivity index (χ4v) is 4.76. The van der Waals surface area contributed by atoms with E-state index in [1.807, 2.05) is 35.2 Å². The van der Waals surface area contributed by atoms with Crippen molar-refractivity contribution < 1.29 is 23.5 Å². The number of benzene rings is 2. The molecule has 0 spiro atoms. The number of halogens is 1. The molecule has 7 nitrogen and oxygen atoms in total. The molecule has 178 valence electrons. The van der Waals surface area contributed by atoms with E-state index in [-0.39, 0.29) is 36.1 Å². The molecule has 1 N–H and O–H groups in total. The van der Waals surface area contributed by atoms with Crippen LogP contribution in [0.4, 0.5) is 4.39 Å². The van der Waals surface area contributed by atoms with E-state index in [1.54, 1.807) is 17.0 Å². The van der Waals surface area contributed by atoms with E-state index >= 15 is 0 Å². The zero-order chi connectivity index (χ0) is 23.5. The van der Waals surface area contributed by atoms with Gasteiger partial charge in [-0.3, -0.25) is 9.59 Å². The quantitative estimate of drug-likeness (QED) is 0.626. The Bertz CT molecular complexity index is 1120. The summed E-state index contributed by atoms with van der Waals surface area (Å²) in [6.07, 6.45) is 0.620. The molecule has 2 aliphatic heterocycles. The van der Waals surface area contributed by atoms with Crippen LogP contribution < -0.4 is 4.74 Å². The van der Waals surface area contributed by atoms with E-state index in [0.717, 1.165) is 10.9 Å². The molecule has 0 aliphatic carbocycles. The lowest BCUT2D eigenvalue weighted by Gasteiger charge is -2.39. The highest BCUT2D eigenvalue weighted by Gasteiger charge is 2.36. The Labute approximate surface area is 197 Å². The Morgan fingerprint density at radius 3 is 2.56 bits per heavy atom. The number of hydrogen-bond donors (Lipinski definition) is 1. The molecule has 3 heterocycles. The Morgan fingerprint density at radius 2 is 1.79 bits per heavy atom. The van der Waals surface area contributed by atoms with Crippen LogP contribution in [0.3, 0.4) is 0 Å². The minimum atomic E-state index is -0.329. The summed E-state index contributed by atoms with van der Waals surface area (Å²) >= 11 is 0. The molecule has 2 saturated heterocycles. The van der Waals surface area contributed by atoms with Gasteiger partial charge in [-0.05, 0) is 36.4 Å². The molecule has 0 saturated carbocycles. The predicted octanol–water partition coefficient (Wildman–Crippen LogP) is 3.47. The van der Waals surface area contributed by atoms with Crippen molar-refractivity contribution >= 4 is 22.7 Å². The van der Waals surface area contributed by atoms with E-state index in [9.17, 15) is 14.0 Å². The maximum atomic E-state index is 13.3. The number of hydrogen-bond acceptors (Lipinski definition) is 4. The number of para-hydroxylation sites is 1. The lowest BCUT2D eigenvalue weighted by Crippen LogP contribution is -2.50. The number of H-pyrrole nitrogens is 1. The van der Waals surface area contributed by atoms with Gasteiger partial charge in [0.25, 0.3) is 5.91 Å². The smallest absolute Gasteiger partial charge is 0.270 e. The summed E-state index contributed by atoms with van der Waals surface area (Å²) in [6, 6.07) is 15.6. The van der Waals surface area contributed by atoms with Gasteiger partial charge in [-0.1, -0.05) is 18.2 Å². The van der Waals surface area contributed by atoms with Crippen molar-refractivity contribution in [1.82, 2.24) is 14.8 Å². The SMILES string of the molecule is O=C(C[C@H]1CN(C(=O)c2cc3ccccc3[nH]2)CC[C@@H]1Oc1ccc(F)cc1)N1CCOCC1. The number of carbonyl (C=O) groups is 2. The summed E-state index contributed by atoms with van der Waals surface area (Å²) in [4.78, 5) is 33.2. The summed E-state index contributed by atoms with van der Waals surface area (Å²) in [7, 11) is 0. The minimum absolute atomic E-state index is 0.0425. The van der Waals surface area contributed by atoms with Gasteiger partial charge in [-0.2, -0.15) is 0 Å². The number of ether oxygens (including phenoxy) is 2. The first kappa shape index (κ1) is 22.4. The van der Waals surface area contributed by atoms with Crippen molar-refractivity contribution in [3.63, 3.8) is 0 Å². The van der Waals surface area contributed by atoms with Crippen LogP contribution in [0.25, 0.3) is 10.9 Å². The number of fused-ring (bicyclic) bond motifs is 1. The monoisotopic (exact) mass is 465 g/mol. The van der Waals surface area contributed by atoms with Gasteiger partial charge in [-0.25, -0.2) is 4.39 Å². The highest BCUT2D eigenvalue weighted by atomic mass is 19.1. The Hall–Kier alpha value is -3.39. The van der Waals surface area contributed by atoms with Gasteiger partial charge in [0.15, 0.2) is 0 Å². The van der Waals surface area contributed by atoms with Gasteiger partial charge in [-0.15, -0.1) is 0 Å². The average molecular weight is 466 g/mol. The topological polar surface area (TPSA) is 74.9 Å². The van der Waals surface area contributed by atoms with Crippen LogP contribution >= 0.6 is 0 Å². The van der Waals surface area contributed by atoms with Gasteiger partial charge in [0.1, 0.15) is 23.4 Å². The first-order valence-corrected chi connectivity index (χ1v) is 11.7. The van der Waals surface area contributed by atoms with E-state index in [0.29, 0.717) is 57.3 Å². The Kier molecular flexibility index (Phi) is 6.49. The normalized spacial score (nSPS) is 21.0. The zero-order valence-electron chi connectivity index (χ0n) is 18.9. The molecule has 8 heteroatoms. The van der Waals surface area contributed by atoms with Crippen LogP contribution in [-0.4, -0.2) is 72.1 Å². The van der Waals surface area contributed by atoms with E-state index in [4.69, 9.17) is 9.47 Å². The summed E-state index contributed by atoms with van der Waals surface area (Å²) in [6.45, 7) is 3.16. The second-order valence-electron chi connectivity index (χ2n) is 8.88. The number of aromatic amines is 1. The molecule has 2 aromatic carbocycles. The number of nitrogens with zero attached hydrogens (tertiary/aromatic N) is 2. The third-order valence-electron chi connectivity index (χ3n) is 6.61. The number of amides is 2. The standard InChI is InChI=1S/C26H28FN3O4/c27-20-5-7-21(8-6-20)34-24-9-10-30(17-19(24)16-25(31)29-11-13-33-14-12-29)26(32)23-15-18-3-1-2-4-22(18)28-23/h1-8,15,19,24,28H,9-14,16-17H2/t19-,24-/m0/s1. The molecule has 0 radical (unpaired) electrons. The van der Waals surface area contributed by atoms with Gasteiger partial charge in [0.05, 0.1) is 13.2 Å². The maximum absolute atomic E-state index is 13.3. The van der Waals surface area contributed by atoms with E-state index < -0.39 is 0 Å². The first-order chi connectivity index (χ1) is 16.6. The van der Waals surface area contributed by atoms with Crippen LogP contribution in [0.5, 0.6) is 5.75 Å². The average Bonchev–Trinajstić information content (AvgIpc) is 3.31. The third kappa shape index (κ3) is 4.92. The third-order valence-corrected chi connectivity index (χ3v) is 6.61. The Morgan fingerprint density at radius 1 is 1.03 bits per heavy atom. The fraction of sp³-hybridized carbons (Fsp3) is 0.385. The predicted molar refractivity (Wildman–Crippen MR) is 125 cm³/mol.